The Kier molecular flexibility index (Phi) is 7.18. The van der Waals surface area contributed by atoms with Crippen molar-refractivity contribution in [2.24, 2.45) is 0 Å². The first-order chi connectivity index (χ1) is 14.9. The topological polar surface area (TPSA) is 69.7 Å². The molecule has 1 aliphatic heterocycles. The zero-order valence-electron chi connectivity index (χ0n) is 17.5. The molecule has 0 unspecified atom stereocenters. The highest BCUT2D eigenvalue weighted by Gasteiger charge is 2.35. The van der Waals surface area contributed by atoms with Crippen molar-refractivity contribution in [3.8, 4) is 0 Å². The fourth-order valence-corrected chi connectivity index (χ4v) is 5.15. The number of para-hydroxylation sites is 1. The lowest BCUT2D eigenvalue weighted by atomic mass is 10.1. The van der Waals surface area contributed by atoms with Crippen molar-refractivity contribution < 1.29 is 26.4 Å². The second-order valence-corrected chi connectivity index (χ2v) is 9.98. The Morgan fingerprint density at radius 2 is 1.72 bits per heavy atom. The Bertz CT molecular complexity index is 1120. The number of amides is 1. The number of alkyl halides is 3. The van der Waals surface area contributed by atoms with Gasteiger partial charge in [0.05, 0.1) is 27.7 Å². The van der Waals surface area contributed by atoms with E-state index in [0.717, 1.165) is 23.3 Å². The zero-order chi connectivity index (χ0) is 23.7. The van der Waals surface area contributed by atoms with Crippen molar-refractivity contribution in [1.29, 1.82) is 0 Å². The van der Waals surface area contributed by atoms with Gasteiger partial charge >= 0.3 is 6.18 Å². The molecule has 32 heavy (non-hydrogen) atoms. The molecule has 3 rings (SSSR count). The van der Waals surface area contributed by atoms with Crippen LogP contribution in [0.2, 0.25) is 5.02 Å². The van der Waals surface area contributed by atoms with Crippen LogP contribution in [0, 0.1) is 13.8 Å². The molecule has 0 spiro atoms. The quantitative estimate of drug-likeness (QED) is 0.691. The van der Waals surface area contributed by atoms with Crippen LogP contribution in [-0.4, -0.2) is 56.3 Å². The molecule has 1 aliphatic rings. The highest BCUT2D eigenvalue weighted by Crippen LogP contribution is 2.38. The van der Waals surface area contributed by atoms with Crippen molar-refractivity contribution in [3.63, 3.8) is 0 Å². The van der Waals surface area contributed by atoms with E-state index in [4.69, 9.17) is 11.6 Å². The molecule has 1 heterocycles. The molecule has 11 heteroatoms. The molecule has 174 valence electrons. The van der Waals surface area contributed by atoms with E-state index in [0.29, 0.717) is 0 Å². The summed E-state index contributed by atoms with van der Waals surface area (Å²) >= 11 is 5.87. The second-order valence-electron chi connectivity index (χ2n) is 7.63. The zero-order valence-corrected chi connectivity index (χ0v) is 19.1. The predicted molar refractivity (Wildman–Crippen MR) is 116 cm³/mol. The maximum Gasteiger partial charge on any atom is 0.418 e. The van der Waals surface area contributed by atoms with Gasteiger partial charge < -0.3 is 5.32 Å². The van der Waals surface area contributed by atoms with E-state index in [1.165, 1.54) is 10.4 Å². The van der Waals surface area contributed by atoms with Crippen molar-refractivity contribution in [1.82, 2.24) is 9.21 Å². The predicted octanol–water partition coefficient (Wildman–Crippen LogP) is 3.92. The number of sulfonamides is 1. The van der Waals surface area contributed by atoms with Gasteiger partial charge in [0.2, 0.25) is 15.9 Å². The van der Waals surface area contributed by atoms with Gasteiger partial charge in [0.1, 0.15) is 0 Å². The summed E-state index contributed by atoms with van der Waals surface area (Å²) in [4.78, 5) is 14.3. The van der Waals surface area contributed by atoms with Crippen molar-refractivity contribution in [3.05, 3.63) is 58.1 Å². The van der Waals surface area contributed by atoms with Crippen molar-refractivity contribution >= 4 is 33.2 Å². The van der Waals surface area contributed by atoms with Crippen molar-refractivity contribution in [2.75, 3.05) is 38.0 Å². The second kappa shape index (κ2) is 9.38. The number of piperazine rings is 1. The SMILES string of the molecule is Cc1ccc(S(=O)(=O)N2CCN(CC(=O)Nc3c(Cl)cccc3C(F)(F)F)CC2)cc1C. The smallest absolute Gasteiger partial charge is 0.323 e. The largest absolute Gasteiger partial charge is 0.418 e. The number of benzene rings is 2. The summed E-state index contributed by atoms with van der Waals surface area (Å²) in [6.07, 6.45) is -4.66. The summed E-state index contributed by atoms with van der Waals surface area (Å²) in [5.74, 6) is -0.658. The van der Waals surface area contributed by atoms with E-state index in [2.05, 4.69) is 5.32 Å². The summed E-state index contributed by atoms with van der Waals surface area (Å²) in [5.41, 5.74) is 0.358. The number of hydrogen-bond donors (Lipinski definition) is 1. The molecule has 2 aromatic carbocycles. The monoisotopic (exact) mass is 489 g/mol. The highest BCUT2D eigenvalue weighted by molar-refractivity contribution is 7.89. The van der Waals surface area contributed by atoms with Crippen LogP contribution < -0.4 is 5.32 Å². The molecule has 0 saturated carbocycles. The number of anilines is 1. The van der Waals surface area contributed by atoms with E-state index >= 15 is 0 Å². The third kappa shape index (κ3) is 5.43. The number of nitrogens with zero attached hydrogens (tertiary/aromatic N) is 2. The van der Waals surface area contributed by atoms with Crippen LogP contribution >= 0.6 is 11.6 Å². The molecule has 2 aromatic rings. The number of hydrogen-bond acceptors (Lipinski definition) is 4. The molecular weight excluding hydrogens is 467 g/mol. The van der Waals surface area contributed by atoms with Gasteiger partial charge in [-0.1, -0.05) is 23.7 Å². The summed E-state index contributed by atoms with van der Waals surface area (Å²) in [6.45, 7) is 4.44. The first kappa shape index (κ1) is 24.5. The minimum atomic E-state index is -4.66. The fourth-order valence-electron chi connectivity index (χ4n) is 3.42. The maximum atomic E-state index is 13.2. The van der Waals surface area contributed by atoms with E-state index in [1.807, 2.05) is 13.8 Å². The van der Waals surface area contributed by atoms with Gasteiger partial charge in [0.25, 0.3) is 0 Å². The first-order valence-corrected chi connectivity index (χ1v) is 11.7. The molecule has 0 aromatic heterocycles. The Morgan fingerprint density at radius 3 is 2.31 bits per heavy atom. The normalized spacial score (nSPS) is 16.2. The summed E-state index contributed by atoms with van der Waals surface area (Å²) < 4.78 is 66.7. The van der Waals surface area contributed by atoms with Gasteiger partial charge in [-0.25, -0.2) is 8.42 Å². The number of carbonyl (C=O) groups excluding carboxylic acids is 1. The number of aryl methyl sites for hydroxylation is 2. The Morgan fingerprint density at radius 1 is 1.06 bits per heavy atom. The lowest BCUT2D eigenvalue weighted by Crippen LogP contribution is -2.50. The van der Waals surface area contributed by atoms with Gasteiger partial charge in [-0.05, 0) is 49.2 Å². The fraction of sp³-hybridized carbons (Fsp3) is 0.381. The van der Waals surface area contributed by atoms with Gasteiger partial charge in [-0.15, -0.1) is 0 Å². The number of carbonyl (C=O) groups is 1. The van der Waals surface area contributed by atoms with Crippen LogP contribution in [0.4, 0.5) is 18.9 Å². The molecule has 1 N–H and O–H groups in total. The average molecular weight is 490 g/mol. The highest BCUT2D eigenvalue weighted by atomic mass is 35.5. The molecule has 0 atom stereocenters. The van der Waals surface area contributed by atoms with Crippen LogP contribution in [0.15, 0.2) is 41.3 Å². The molecule has 1 saturated heterocycles. The van der Waals surface area contributed by atoms with E-state index in [-0.39, 0.29) is 42.6 Å². The molecular formula is C21H23ClF3N3O3S. The molecule has 0 radical (unpaired) electrons. The number of nitrogens with one attached hydrogen (secondary N) is 1. The number of rotatable bonds is 5. The van der Waals surface area contributed by atoms with Crippen LogP contribution in [-0.2, 0) is 21.0 Å². The van der Waals surface area contributed by atoms with E-state index in [1.54, 1.807) is 23.1 Å². The third-order valence-electron chi connectivity index (χ3n) is 5.40. The average Bonchev–Trinajstić information content (AvgIpc) is 2.71. The number of halogens is 4. The van der Waals surface area contributed by atoms with Crippen molar-refractivity contribution in [2.45, 2.75) is 24.9 Å². The molecule has 1 fully saturated rings. The van der Waals surface area contributed by atoms with Crippen LogP contribution in [0.25, 0.3) is 0 Å². The third-order valence-corrected chi connectivity index (χ3v) is 7.61. The van der Waals surface area contributed by atoms with Gasteiger partial charge in [0.15, 0.2) is 0 Å². The van der Waals surface area contributed by atoms with Crippen LogP contribution in [0.5, 0.6) is 0 Å². The Hall–Kier alpha value is -2.14. The standard InChI is InChI=1S/C21H23ClF3N3O3S/c1-14-6-7-16(12-15(14)2)32(30,31)28-10-8-27(9-11-28)13-19(29)26-20-17(21(23,24)25)4-3-5-18(20)22/h3-7,12H,8-11,13H2,1-2H3,(H,26,29). The minimum Gasteiger partial charge on any atom is -0.323 e. The first-order valence-electron chi connectivity index (χ1n) is 9.85. The van der Waals surface area contributed by atoms with Crippen LogP contribution in [0.3, 0.4) is 0 Å². The van der Waals surface area contributed by atoms with E-state index < -0.39 is 33.4 Å². The van der Waals surface area contributed by atoms with Gasteiger partial charge in [0, 0.05) is 26.2 Å². The molecule has 6 nitrogen and oxygen atoms in total. The van der Waals surface area contributed by atoms with Gasteiger partial charge in [-0.3, -0.25) is 9.69 Å². The summed E-state index contributed by atoms with van der Waals surface area (Å²) in [7, 11) is -3.67. The molecule has 1 amide bonds. The summed E-state index contributed by atoms with van der Waals surface area (Å²) in [6, 6.07) is 8.23. The molecule has 0 aliphatic carbocycles. The minimum absolute atomic E-state index is 0.169. The maximum absolute atomic E-state index is 13.2. The summed E-state index contributed by atoms with van der Waals surface area (Å²) in [5, 5.41) is 2.04. The lowest BCUT2D eigenvalue weighted by Gasteiger charge is -2.33. The molecule has 0 bridgehead atoms. The van der Waals surface area contributed by atoms with Crippen LogP contribution in [0.1, 0.15) is 16.7 Å². The van der Waals surface area contributed by atoms with E-state index in [9.17, 15) is 26.4 Å². The Labute approximate surface area is 190 Å². The van der Waals surface area contributed by atoms with Gasteiger partial charge in [-0.2, -0.15) is 17.5 Å². The lowest BCUT2D eigenvalue weighted by molar-refractivity contribution is -0.137. The Balaban J connectivity index is 1.62.